The van der Waals surface area contributed by atoms with E-state index in [0.29, 0.717) is 17.1 Å². The zero-order valence-corrected chi connectivity index (χ0v) is 11.4. The molecule has 2 N–H and O–H groups in total. The summed E-state index contributed by atoms with van der Waals surface area (Å²) in [4.78, 5) is 11.4. The summed E-state index contributed by atoms with van der Waals surface area (Å²) in [6.07, 6.45) is -3.23. The van der Waals surface area contributed by atoms with Crippen LogP contribution in [-0.4, -0.2) is 5.91 Å². The van der Waals surface area contributed by atoms with Gasteiger partial charge in [-0.1, -0.05) is 18.7 Å². The van der Waals surface area contributed by atoms with Crippen LogP contribution in [-0.2, 0) is 11.0 Å². The maximum absolute atomic E-state index is 12.5. The first-order valence-electron chi connectivity index (χ1n) is 6.37. The monoisotopic (exact) mass is 306 g/mol. The number of carbonyl (C=O) groups excluding carboxylic acids is 1. The van der Waals surface area contributed by atoms with Gasteiger partial charge in [-0.2, -0.15) is 13.2 Å². The van der Waals surface area contributed by atoms with Gasteiger partial charge >= 0.3 is 6.18 Å². The number of rotatable bonds is 4. The number of nitrogens with one attached hydrogen (secondary N) is 2. The van der Waals surface area contributed by atoms with Crippen molar-refractivity contribution >= 4 is 23.0 Å². The van der Waals surface area contributed by atoms with Crippen molar-refractivity contribution in [1.82, 2.24) is 0 Å². The van der Waals surface area contributed by atoms with Crippen LogP contribution in [0.1, 0.15) is 5.56 Å². The van der Waals surface area contributed by atoms with Crippen molar-refractivity contribution in [3.05, 3.63) is 66.7 Å². The molecule has 2 rings (SSSR count). The molecular weight excluding hydrogens is 293 g/mol. The van der Waals surface area contributed by atoms with E-state index >= 15 is 0 Å². The molecule has 6 heteroatoms. The van der Waals surface area contributed by atoms with E-state index in [9.17, 15) is 18.0 Å². The summed E-state index contributed by atoms with van der Waals surface area (Å²) in [7, 11) is 0. The third-order valence-corrected chi connectivity index (χ3v) is 2.86. The Morgan fingerprint density at radius 1 is 1.00 bits per heavy atom. The maximum Gasteiger partial charge on any atom is 0.416 e. The molecule has 0 aliphatic heterocycles. The van der Waals surface area contributed by atoms with Gasteiger partial charge < -0.3 is 10.6 Å². The van der Waals surface area contributed by atoms with Crippen LogP contribution >= 0.6 is 0 Å². The fraction of sp³-hybridized carbons (Fsp3) is 0.0625. The Labute approximate surface area is 125 Å². The predicted octanol–water partition coefficient (Wildman–Crippen LogP) is 4.57. The van der Waals surface area contributed by atoms with Crippen LogP contribution in [0.15, 0.2) is 61.2 Å². The molecule has 0 fully saturated rings. The number of carbonyl (C=O) groups is 1. The topological polar surface area (TPSA) is 41.1 Å². The van der Waals surface area contributed by atoms with Crippen LogP contribution < -0.4 is 10.6 Å². The van der Waals surface area contributed by atoms with Gasteiger partial charge in [-0.05, 0) is 42.5 Å². The lowest BCUT2D eigenvalue weighted by Crippen LogP contribution is -2.09. The van der Waals surface area contributed by atoms with Crippen molar-refractivity contribution in [2.24, 2.45) is 0 Å². The van der Waals surface area contributed by atoms with Crippen molar-refractivity contribution in [2.75, 3.05) is 10.6 Å². The van der Waals surface area contributed by atoms with E-state index in [1.54, 1.807) is 24.3 Å². The molecular formula is C16H13F3N2O. The Kier molecular flexibility index (Phi) is 4.50. The van der Waals surface area contributed by atoms with E-state index in [1.165, 1.54) is 12.1 Å². The molecule has 0 heterocycles. The molecule has 0 saturated carbocycles. The Hall–Kier alpha value is -2.76. The second-order valence-corrected chi connectivity index (χ2v) is 4.44. The summed E-state index contributed by atoms with van der Waals surface area (Å²) >= 11 is 0. The lowest BCUT2D eigenvalue weighted by atomic mass is 10.2. The average Bonchev–Trinajstić information content (AvgIpc) is 2.49. The standard InChI is InChI=1S/C16H13F3N2O/c1-2-15(22)21-14-6-4-3-5-13(14)20-12-9-7-11(8-10-12)16(17,18)19/h2-10,20H,1H2,(H,21,22). The molecule has 0 aliphatic rings. The summed E-state index contributed by atoms with van der Waals surface area (Å²) in [5, 5.41) is 5.58. The number of para-hydroxylation sites is 2. The molecule has 0 spiro atoms. The second-order valence-electron chi connectivity index (χ2n) is 4.44. The van der Waals surface area contributed by atoms with Gasteiger partial charge in [0.15, 0.2) is 0 Å². The van der Waals surface area contributed by atoms with Crippen LogP contribution in [0, 0.1) is 0 Å². The number of anilines is 3. The van der Waals surface area contributed by atoms with Crippen LogP contribution in [0.3, 0.4) is 0 Å². The van der Waals surface area contributed by atoms with Gasteiger partial charge in [0, 0.05) is 5.69 Å². The lowest BCUT2D eigenvalue weighted by Gasteiger charge is -2.13. The Morgan fingerprint density at radius 2 is 1.59 bits per heavy atom. The molecule has 0 unspecified atom stereocenters. The summed E-state index contributed by atoms with van der Waals surface area (Å²) in [5.74, 6) is -0.373. The molecule has 1 amide bonds. The summed E-state index contributed by atoms with van der Waals surface area (Å²) in [5.41, 5.74) is 0.837. The molecule has 114 valence electrons. The molecule has 0 aromatic heterocycles. The molecule has 3 nitrogen and oxygen atoms in total. The van der Waals surface area contributed by atoms with Crippen molar-refractivity contribution < 1.29 is 18.0 Å². The van der Waals surface area contributed by atoms with Crippen molar-refractivity contribution in [1.29, 1.82) is 0 Å². The van der Waals surface area contributed by atoms with Gasteiger partial charge in [0.1, 0.15) is 0 Å². The van der Waals surface area contributed by atoms with Crippen LogP contribution in [0.2, 0.25) is 0 Å². The highest BCUT2D eigenvalue weighted by molar-refractivity contribution is 6.01. The Morgan fingerprint density at radius 3 is 2.14 bits per heavy atom. The Bertz CT molecular complexity index is 679. The van der Waals surface area contributed by atoms with Gasteiger partial charge in [0.25, 0.3) is 0 Å². The fourth-order valence-electron chi connectivity index (χ4n) is 1.78. The number of benzene rings is 2. The van der Waals surface area contributed by atoms with Crippen LogP contribution in [0.5, 0.6) is 0 Å². The molecule has 0 aliphatic carbocycles. The smallest absolute Gasteiger partial charge is 0.354 e. The van der Waals surface area contributed by atoms with Crippen molar-refractivity contribution in [3.8, 4) is 0 Å². The highest BCUT2D eigenvalue weighted by Crippen LogP contribution is 2.31. The van der Waals surface area contributed by atoms with Crippen LogP contribution in [0.25, 0.3) is 0 Å². The van der Waals surface area contributed by atoms with Gasteiger partial charge in [0.05, 0.1) is 16.9 Å². The molecule has 22 heavy (non-hydrogen) atoms. The molecule has 0 bridgehead atoms. The van der Waals surface area contributed by atoms with Gasteiger partial charge in [-0.15, -0.1) is 0 Å². The highest BCUT2D eigenvalue weighted by atomic mass is 19.4. The zero-order chi connectivity index (χ0) is 16.2. The van der Waals surface area contributed by atoms with Crippen LogP contribution in [0.4, 0.5) is 30.2 Å². The predicted molar refractivity (Wildman–Crippen MR) is 80.0 cm³/mol. The lowest BCUT2D eigenvalue weighted by molar-refractivity contribution is -0.137. The van der Waals surface area contributed by atoms with Crippen molar-refractivity contribution in [3.63, 3.8) is 0 Å². The number of alkyl halides is 3. The second kappa shape index (κ2) is 6.34. The highest BCUT2D eigenvalue weighted by Gasteiger charge is 2.29. The number of hydrogen-bond acceptors (Lipinski definition) is 2. The van der Waals surface area contributed by atoms with E-state index < -0.39 is 11.7 Å². The quantitative estimate of drug-likeness (QED) is 0.812. The van der Waals surface area contributed by atoms with Gasteiger partial charge in [-0.25, -0.2) is 0 Å². The first-order chi connectivity index (χ1) is 10.4. The number of amides is 1. The van der Waals surface area contributed by atoms with E-state index in [-0.39, 0.29) is 5.91 Å². The fourth-order valence-corrected chi connectivity index (χ4v) is 1.78. The molecule has 2 aromatic carbocycles. The molecule has 0 radical (unpaired) electrons. The number of hydrogen-bond donors (Lipinski definition) is 2. The minimum atomic E-state index is -4.37. The molecule has 0 atom stereocenters. The normalized spacial score (nSPS) is 10.9. The third kappa shape index (κ3) is 3.88. The summed E-state index contributed by atoms with van der Waals surface area (Å²) in [6, 6.07) is 11.5. The Balaban J connectivity index is 2.20. The average molecular weight is 306 g/mol. The van der Waals surface area contributed by atoms with Gasteiger partial charge in [-0.3, -0.25) is 4.79 Å². The first kappa shape index (κ1) is 15.6. The van der Waals surface area contributed by atoms with Crippen molar-refractivity contribution in [2.45, 2.75) is 6.18 Å². The first-order valence-corrected chi connectivity index (χ1v) is 6.37. The van der Waals surface area contributed by atoms with E-state index in [1.807, 2.05) is 0 Å². The minimum Gasteiger partial charge on any atom is -0.354 e. The SMILES string of the molecule is C=CC(=O)Nc1ccccc1Nc1ccc(C(F)(F)F)cc1. The summed E-state index contributed by atoms with van der Waals surface area (Å²) in [6.45, 7) is 3.36. The van der Waals surface area contributed by atoms with E-state index in [0.717, 1.165) is 18.2 Å². The third-order valence-electron chi connectivity index (χ3n) is 2.86. The zero-order valence-electron chi connectivity index (χ0n) is 11.4. The minimum absolute atomic E-state index is 0.373. The summed E-state index contributed by atoms with van der Waals surface area (Å²) < 4.78 is 37.5. The van der Waals surface area contributed by atoms with E-state index in [4.69, 9.17) is 0 Å². The van der Waals surface area contributed by atoms with Gasteiger partial charge in [0.2, 0.25) is 5.91 Å². The number of halogens is 3. The molecule has 2 aromatic rings. The largest absolute Gasteiger partial charge is 0.416 e. The maximum atomic E-state index is 12.5. The molecule has 0 saturated heterocycles. The van der Waals surface area contributed by atoms with E-state index in [2.05, 4.69) is 17.2 Å².